The minimum atomic E-state index is -0.403. The first kappa shape index (κ1) is 25.9. The SMILES string of the molecule is CC(C)c1ccc(OCC2c3ccsc3CCN2C(=O)CN(C(=O)c2ccc(F)cc2)C(C)C)cc1. The molecule has 2 heterocycles. The van der Waals surface area contributed by atoms with Crippen LogP contribution in [0.2, 0.25) is 0 Å². The van der Waals surface area contributed by atoms with Crippen molar-refractivity contribution < 1.29 is 18.7 Å². The lowest BCUT2D eigenvalue weighted by molar-refractivity contribution is -0.136. The fourth-order valence-electron chi connectivity index (χ4n) is 4.48. The van der Waals surface area contributed by atoms with Gasteiger partial charge in [-0.25, -0.2) is 4.39 Å². The molecule has 4 rings (SSSR count). The first-order valence-electron chi connectivity index (χ1n) is 12.4. The van der Waals surface area contributed by atoms with Gasteiger partial charge in [0.05, 0.1) is 6.04 Å². The molecule has 0 saturated heterocycles. The van der Waals surface area contributed by atoms with Crippen molar-refractivity contribution in [3.8, 4) is 5.75 Å². The Morgan fingerprint density at radius 3 is 2.39 bits per heavy atom. The van der Waals surface area contributed by atoms with Gasteiger partial charge in [-0.15, -0.1) is 11.3 Å². The van der Waals surface area contributed by atoms with Crippen molar-refractivity contribution in [3.05, 3.63) is 87.4 Å². The smallest absolute Gasteiger partial charge is 0.254 e. The van der Waals surface area contributed by atoms with E-state index >= 15 is 0 Å². The quantitative estimate of drug-likeness (QED) is 0.371. The third kappa shape index (κ3) is 5.78. The number of carbonyl (C=O) groups is 2. The third-order valence-corrected chi connectivity index (χ3v) is 7.65. The first-order valence-corrected chi connectivity index (χ1v) is 13.3. The van der Waals surface area contributed by atoms with Gasteiger partial charge in [0.25, 0.3) is 5.91 Å². The Balaban J connectivity index is 1.51. The van der Waals surface area contributed by atoms with Crippen LogP contribution in [0.4, 0.5) is 4.39 Å². The summed E-state index contributed by atoms with van der Waals surface area (Å²) < 4.78 is 19.5. The summed E-state index contributed by atoms with van der Waals surface area (Å²) >= 11 is 1.70. The molecule has 190 valence electrons. The van der Waals surface area contributed by atoms with Crippen molar-refractivity contribution in [2.45, 2.75) is 52.1 Å². The molecule has 36 heavy (non-hydrogen) atoms. The van der Waals surface area contributed by atoms with E-state index in [1.54, 1.807) is 16.2 Å². The zero-order valence-electron chi connectivity index (χ0n) is 21.2. The predicted molar refractivity (Wildman–Crippen MR) is 141 cm³/mol. The zero-order chi connectivity index (χ0) is 25.8. The summed E-state index contributed by atoms with van der Waals surface area (Å²) in [6, 6.07) is 15.2. The molecule has 0 saturated carbocycles. The van der Waals surface area contributed by atoms with Gasteiger partial charge in [-0.1, -0.05) is 26.0 Å². The Labute approximate surface area is 216 Å². The average Bonchev–Trinajstić information content (AvgIpc) is 3.35. The van der Waals surface area contributed by atoms with Crippen LogP contribution in [-0.2, 0) is 11.2 Å². The highest BCUT2D eigenvalue weighted by Crippen LogP contribution is 2.34. The second kappa shape index (κ2) is 11.2. The molecule has 3 aromatic rings. The topological polar surface area (TPSA) is 49.9 Å². The van der Waals surface area contributed by atoms with E-state index in [9.17, 15) is 14.0 Å². The summed E-state index contributed by atoms with van der Waals surface area (Å²) in [6.07, 6.45) is 0.784. The number of thiophene rings is 1. The number of ether oxygens (including phenoxy) is 1. The molecular weight excluding hydrogens is 475 g/mol. The van der Waals surface area contributed by atoms with Crippen LogP contribution in [0.1, 0.15) is 66.0 Å². The summed E-state index contributed by atoms with van der Waals surface area (Å²) in [6.45, 7) is 8.93. The van der Waals surface area contributed by atoms with E-state index in [0.29, 0.717) is 24.6 Å². The molecule has 0 radical (unpaired) electrons. The van der Waals surface area contributed by atoms with Crippen molar-refractivity contribution in [2.75, 3.05) is 19.7 Å². The van der Waals surface area contributed by atoms with E-state index in [-0.39, 0.29) is 30.4 Å². The molecule has 2 aromatic carbocycles. The number of benzene rings is 2. The standard InChI is InChI=1S/C29H33FN2O3S/c1-19(2)21-7-11-24(12-8-21)35-18-26-25-14-16-36-27(25)13-15-31(26)28(33)17-32(20(3)4)29(34)22-5-9-23(30)10-6-22/h5-12,14,16,19-20,26H,13,15,17-18H2,1-4H3. The van der Waals surface area contributed by atoms with E-state index in [4.69, 9.17) is 4.74 Å². The van der Waals surface area contributed by atoms with Crippen molar-refractivity contribution in [3.63, 3.8) is 0 Å². The van der Waals surface area contributed by atoms with Gasteiger partial charge in [0.15, 0.2) is 0 Å². The zero-order valence-corrected chi connectivity index (χ0v) is 22.1. The van der Waals surface area contributed by atoms with Gasteiger partial charge in [-0.05, 0) is 85.2 Å². The van der Waals surface area contributed by atoms with E-state index in [2.05, 4.69) is 37.4 Å². The number of hydrogen-bond donors (Lipinski definition) is 0. The van der Waals surface area contributed by atoms with E-state index in [1.807, 2.05) is 30.9 Å². The highest BCUT2D eigenvalue weighted by molar-refractivity contribution is 7.10. The van der Waals surface area contributed by atoms with Crippen LogP contribution in [0.15, 0.2) is 60.0 Å². The Morgan fingerprint density at radius 1 is 1.06 bits per heavy atom. The minimum absolute atomic E-state index is 0.0487. The molecule has 1 aliphatic rings. The lowest BCUT2D eigenvalue weighted by Crippen LogP contribution is -2.49. The van der Waals surface area contributed by atoms with Crippen molar-refractivity contribution in [1.82, 2.24) is 9.80 Å². The average molecular weight is 509 g/mol. The second-order valence-corrected chi connectivity index (χ2v) is 10.7. The molecule has 0 spiro atoms. The van der Waals surface area contributed by atoms with Crippen molar-refractivity contribution in [2.24, 2.45) is 0 Å². The maximum absolute atomic E-state index is 13.6. The maximum atomic E-state index is 13.6. The van der Waals surface area contributed by atoms with Crippen molar-refractivity contribution >= 4 is 23.2 Å². The molecule has 0 bridgehead atoms. The van der Waals surface area contributed by atoms with E-state index in [1.165, 1.54) is 34.7 Å². The molecule has 0 N–H and O–H groups in total. The molecular formula is C29H33FN2O3S. The van der Waals surface area contributed by atoms with E-state index < -0.39 is 5.82 Å². The molecule has 2 amide bonds. The number of halogens is 1. The van der Waals surface area contributed by atoms with Gasteiger partial charge < -0.3 is 14.5 Å². The van der Waals surface area contributed by atoms with Gasteiger partial charge in [0.2, 0.25) is 5.91 Å². The molecule has 5 nitrogen and oxygen atoms in total. The molecule has 0 fully saturated rings. The van der Waals surface area contributed by atoms with Gasteiger partial charge in [-0.3, -0.25) is 9.59 Å². The molecule has 7 heteroatoms. The third-order valence-electron chi connectivity index (χ3n) is 6.65. The highest BCUT2D eigenvalue weighted by Gasteiger charge is 2.34. The largest absolute Gasteiger partial charge is 0.491 e. The van der Waals surface area contributed by atoms with Crippen LogP contribution >= 0.6 is 11.3 Å². The number of hydrogen-bond acceptors (Lipinski definition) is 4. The predicted octanol–water partition coefficient (Wildman–Crippen LogP) is 6.07. The molecule has 1 atom stereocenters. The van der Waals surface area contributed by atoms with Crippen LogP contribution in [0.5, 0.6) is 5.75 Å². The Kier molecular flexibility index (Phi) is 8.09. The van der Waals surface area contributed by atoms with Crippen LogP contribution in [-0.4, -0.2) is 47.4 Å². The van der Waals surface area contributed by atoms with Crippen molar-refractivity contribution in [1.29, 1.82) is 0 Å². The monoisotopic (exact) mass is 508 g/mol. The summed E-state index contributed by atoms with van der Waals surface area (Å²) in [7, 11) is 0. The van der Waals surface area contributed by atoms with Crippen LogP contribution in [0.3, 0.4) is 0 Å². The lowest BCUT2D eigenvalue weighted by Gasteiger charge is -2.37. The summed E-state index contributed by atoms with van der Waals surface area (Å²) in [4.78, 5) is 31.4. The molecule has 1 unspecified atom stereocenters. The summed E-state index contributed by atoms with van der Waals surface area (Å²) in [5.74, 6) is 0.398. The lowest BCUT2D eigenvalue weighted by atomic mass is 10.00. The minimum Gasteiger partial charge on any atom is -0.491 e. The second-order valence-electron chi connectivity index (χ2n) is 9.72. The summed E-state index contributed by atoms with van der Waals surface area (Å²) in [5, 5.41) is 2.06. The van der Waals surface area contributed by atoms with Gasteiger partial charge >= 0.3 is 0 Å². The number of nitrogens with zero attached hydrogens (tertiary/aromatic N) is 2. The summed E-state index contributed by atoms with van der Waals surface area (Å²) in [5.41, 5.74) is 2.72. The Morgan fingerprint density at radius 2 is 1.75 bits per heavy atom. The number of fused-ring (bicyclic) bond motifs is 1. The Bertz CT molecular complexity index is 1190. The fraction of sp³-hybridized carbons (Fsp3) is 0.379. The van der Waals surface area contributed by atoms with E-state index in [0.717, 1.165) is 17.7 Å². The number of rotatable bonds is 8. The van der Waals surface area contributed by atoms with Gasteiger partial charge in [0.1, 0.15) is 24.7 Å². The molecule has 1 aromatic heterocycles. The van der Waals surface area contributed by atoms with Crippen LogP contribution < -0.4 is 4.74 Å². The van der Waals surface area contributed by atoms with Gasteiger partial charge in [0, 0.05) is 23.0 Å². The Hall–Kier alpha value is -3.19. The highest BCUT2D eigenvalue weighted by atomic mass is 32.1. The maximum Gasteiger partial charge on any atom is 0.254 e. The normalized spacial score (nSPS) is 15.2. The first-order chi connectivity index (χ1) is 17.2. The number of amides is 2. The van der Waals surface area contributed by atoms with Crippen LogP contribution in [0, 0.1) is 5.82 Å². The fourth-order valence-corrected chi connectivity index (χ4v) is 5.41. The van der Waals surface area contributed by atoms with Gasteiger partial charge in [-0.2, -0.15) is 0 Å². The molecule has 1 aliphatic heterocycles. The molecule has 0 aliphatic carbocycles. The van der Waals surface area contributed by atoms with Crippen LogP contribution in [0.25, 0.3) is 0 Å². The number of carbonyl (C=O) groups excluding carboxylic acids is 2.